The molecule has 4 aromatic heterocycles. The number of hydrogen-bond acceptors (Lipinski definition) is 22. The molecular weight excluding hydrogens is 1600 g/mol. The lowest BCUT2D eigenvalue weighted by atomic mass is 10.0. The van der Waals surface area contributed by atoms with Crippen molar-refractivity contribution in [3.8, 4) is 68.7 Å². The second kappa shape index (κ2) is 44.7. The van der Waals surface area contributed by atoms with Crippen LogP contribution in [0.4, 0.5) is 32.6 Å². The first-order valence-electron chi connectivity index (χ1n) is 42.5. The van der Waals surface area contributed by atoms with E-state index in [2.05, 4.69) is 77.5 Å². The second-order valence-corrected chi connectivity index (χ2v) is 31.2. The predicted molar refractivity (Wildman–Crippen MR) is 482 cm³/mol. The lowest BCUT2D eigenvalue weighted by Crippen LogP contribution is -2.48. The van der Waals surface area contributed by atoms with Gasteiger partial charge in [0.05, 0.1) is 68.3 Å². The number of likely N-dealkylation sites (tertiary alicyclic amines) is 1. The number of piperazine rings is 1. The number of aryl methyl sites for hydroxylation is 1. The molecule has 3 saturated heterocycles. The summed E-state index contributed by atoms with van der Waals surface area (Å²) in [4.78, 5) is 114. The molecule has 0 spiro atoms. The molecule has 7 aromatic carbocycles. The number of methoxy groups -OCH3 is 1. The molecule has 0 bridgehead atoms. The minimum Gasteiger partial charge on any atom is -0.454 e. The van der Waals surface area contributed by atoms with E-state index in [1.807, 2.05) is 114 Å². The quantitative estimate of drug-likeness (QED) is 0.0476. The number of anilines is 4. The molecule has 0 saturated carbocycles. The van der Waals surface area contributed by atoms with E-state index in [0.717, 1.165) is 104 Å². The Hall–Kier alpha value is -14.2. The van der Waals surface area contributed by atoms with Crippen molar-refractivity contribution in [1.82, 2.24) is 64.4 Å². The highest BCUT2D eigenvalue weighted by Gasteiger charge is 2.30. The van der Waals surface area contributed by atoms with Gasteiger partial charge in [-0.3, -0.25) is 24.0 Å². The minimum atomic E-state index is -0.438. The van der Waals surface area contributed by atoms with E-state index in [1.54, 1.807) is 127 Å². The summed E-state index contributed by atoms with van der Waals surface area (Å²) in [5, 5.41) is 24.7. The van der Waals surface area contributed by atoms with Crippen LogP contribution in [0.1, 0.15) is 149 Å². The topological polar surface area (TPSA) is 310 Å². The van der Waals surface area contributed by atoms with Gasteiger partial charge in [-0.25, -0.2) is 48.7 Å². The number of halogens is 2. The van der Waals surface area contributed by atoms with Gasteiger partial charge in [0.15, 0.2) is 11.5 Å². The van der Waals surface area contributed by atoms with Crippen molar-refractivity contribution in [2.24, 2.45) is 5.92 Å². The molecule has 3 fully saturated rings. The zero-order valence-corrected chi connectivity index (χ0v) is 72.4. The van der Waals surface area contributed by atoms with Crippen molar-refractivity contribution in [2.45, 2.75) is 99.7 Å². The van der Waals surface area contributed by atoms with Crippen molar-refractivity contribution in [3.05, 3.63) is 262 Å². The molecule has 15 rings (SSSR count). The van der Waals surface area contributed by atoms with E-state index < -0.39 is 5.82 Å². The van der Waals surface area contributed by atoms with Crippen LogP contribution in [-0.2, 0) is 29.2 Å². The monoisotopic (exact) mass is 1700 g/mol. The Labute approximate surface area is 735 Å². The predicted octanol–water partition coefficient (Wildman–Crippen LogP) is 15.9. The fourth-order valence-corrected chi connectivity index (χ4v) is 14.9. The fourth-order valence-electron chi connectivity index (χ4n) is 14.9. The number of piperidine rings is 1. The van der Waals surface area contributed by atoms with E-state index in [9.17, 15) is 38.0 Å². The van der Waals surface area contributed by atoms with E-state index in [4.69, 9.17) is 29.4 Å². The number of ether oxygens (including phenoxy) is 3. The molecule has 2 N–H and O–H groups in total. The van der Waals surface area contributed by atoms with Gasteiger partial charge in [-0.15, -0.1) is 0 Å². The van der Waals surface area contributed by atoms with Gasteiger partial charge in [0.2, 0.25) is 36.5 Å². The number of hydrogen-bond donors (Lipinski definition) is 2. The van der Waals surface area contributed by atoms with Gasteiger partial charge in [0.1, 0.15) is 11.6 Å². The summed E-state index contributed by atoms with van der Waals surface area (Å²) < 4.78 is 45.0. The van der Waals surface area contributed by atoms with Crippen LogP contribution in [-0.4, -0.2) is 200 Å². The Morgan fingerprint density at radius 1 is 0.524 bits per heavy atom. The molecule has 0 unspecified atom stereocenters. The summed E-state index contributed by atoms with van der Waals surface area (Å²) in [5.74, 6) is 2.22. The second-order valence-electron chi connectivity index (χ2n) is 31.2. The number of nitrogens with zero attached hydrogens (tertiary/aromatic N) is 17. The van der Waals surface area contributed by atoms with Crippen molar-refractivity contribution in [2.75, 3.05) is 127 Å². The average Bonchev–Trinajstić information content (AvgIpc) is 1.04. The molecule has 0 aliphatic carbocycles. The third kappa shape index (κ3) is 24.0. The smallest absolute Gasteiger partial charge is 0.257 e. The Bertz CT molecular complexity index is 5670. The van der Waals surface area contributed by atoms with Crippen LogP contribution in [0.3, 0.4) is 0 Å². The van der Waals surface area contributed by atoms with Gasteiger partial charge >= 0.3 is 0 Å². The molecule has 652 valence electrons. The molecule has 4 aliphatic heterocycles. The van der Waals surface area contributed by atoms with Crippen molar-refractivity contribution < 1.29 is 48.4 Å². The molecule has 27 nitrogen and oxygen atoms in total. The third-order valence-corrected chi connectivity index (χ3v) is 21.6. The summed E-state index contributed by atoms with van der Waals surface area (Å²) in [6.45, 7) is 21.8. The Balaban J connectivity index is 0.000000165. The third-order valence-electron chi connectivity index (χ3n) is 21.6. The molecule has 0 radical (unpaired) electrons. The van der Waals surface area contributed by atoms with Crippen LogP contribution in [0.5, 0.6) is 11.5 Å². The van der Waals surface area contributed by atoms with Crippen molar-refractivity contribution >= 4 is 53.3 Å². The molecular formula is C97H107F2N19O8. The van der Waals surface area contributed by atoms with Gasteiger partial charge in [-0.2, -0.15) is 10.5 Å². The number of fused-ring (bicyclic) bond motifs is 1. The molecule has 29 heteroatoms. The summed E-state index contributed by atoms with van der Waals surface area (Å²) in [7, 11) is 3.39. The number of carbonyl (C=O) groups is 5. The van der Waals surface area contributed by atoms with E-state index in [1.165, 1.54) is 18.3 Å². The summed E-state index contributed by atoms with van der Waals surface area (Å²) in [6.07, 6.45) is 12.4. The standard InChI is InChI=1S/C29H25N5O3.C25H29FN4O2.C23H26N6O2.C20H25FN4O.H2/c1-2-34(18-21-6-4-3-5-7-21)28(35)24-17-32-29(33-27(24)23-11-8-20(15-30)9-12-23)31-16-22-10-13-25-26(14-22)37-19-36-25;1-4-30(17-19-10-7-9-18(2)15-19)24(31)21-16-28-25(27-13-8-14-32-3)29-23(21)20-11-5-6-12-22(20)26;1-17(30)27-11-13-29(14-12-27)23-25-16-20(22(31)28-9-3-2-4-10-28)21(26-23)19-7-5-18(15-24)6-8-19;1-14(2)13-24(3)19(26)16-12-22-20(25-10-6-7-11-25)23-18(16)15-8-4-5-9-17(15)21;/h3-14,17H,2,16,18-19H2,1H3,(H,31,32,33);5-7,9-12,15-16H,4,8,13-14,17H2,1-3H3,(H,27,28,29);5-8,16H,2-4,9-14H2,1H3;4-5,8-9,12,14H,6-7,10-11,13H2,1-3H3;1H. The largest absolute Gasteiger partial charge is 0.454 e. The normalized spacial score (nSPS) is 13.2. The maximum Gasteiger partial charge on any atom is 0.257 e. The highest BCUT2D eigenvalue weighted by molar-refractivity contribution is 6.02. The van der Waals surface area contributed by atoms with Gasteiger partial charge in [-0.1, -0.05) is 129 Å². The summed E-state index contributed by atoms with van der Waals surface area (Å²) in [6, 6.07) is 54.8. The Morgan fingerprint density at radius 3 is 1.60 bits per heavy atom. The van der Waals surface area contributed by atoms with Gasteiger partial charge in [0.25, 0.3) is 23.6 Å². The molecule has 8 heterocycles. The Kier molecular flexibility index (Phi) is 32.3. The lowest BCUT2D eigenvalue weighted by molar-refractivity contribution is -0.129. The van der Waals surface area contributed by atoms with Crippen molar-refractivity contribution in [3.63, 3.8) is 0 Å². The maximum absolute atomic E-state index is 14.7. The summed E-state index contributed by atoms with van der Waals surface area (Å²) in [5.41, 5.74) is 10.6. The number of carbonyl (C=O) groups excluding carboxylic acids is 5. The van der Waals surface area contributed by atoms with Crippen LogP contribution in [0.25, 0.3) is 45.0 Å². The van der Waals surface area contributed by atoms with Crippen LogP contribution in [0, 0.1) is 47.1 Å². The minimum absolute atomic E-state index is 0. The lowest BCUT2D eigenvalue weighted by Gasteiger charge is -2.34. The van der Waals surface area contributed by atoms with Gasteiger partial charge in [-0.05, 0) is 143 Å². The molecule has 11 aromatic rings. The Morgan fingerprint density at radius 2 is 1.02 bits per heavy atom. The molecule has 4 aliphatic rings. The fraction of sp³-hybridized carbons (Fsp3) is 0.330. The first-order valence-corrected chi connectivity index (χ1v) is 42.5. The highest BCUT2D eigenvalue weighted by Crippen LogP contribution is 2.35. The van der Waals surface area contributed by atoms with Crippen LogP contribution < -0.4 is 29.9 Å². The number of rotatable bonds is 26. The highest BCUT2D eigenvalue weighted by atomic mass is 19.1. The average molecular weight is 1710 g/mol. The number of aromatic nitrogens is 8. The number of nitriles is 2. The van der Waals surface area contributed by atoms with Crippen molar-refractivity contribution in [1.29, 1.82) is 10.5 Å². The first-order chi connectivity index (χ1) is 61.2. The molecule has 5 amide bonds. The van der Waals surface area contributed by atoms with Crippen LogP contribution in [0.2, 0.25) is 0 Å². The SMILES string of the molecule is CC(=O)N1CCN(c2ncc(C(=O)N3CCCCC3)c(-c3ccc(C#N)cc3)n2)CC1.CC(C)CN(C)C(=O)c1cnc(N2CCCC2)nc1-c1ccccc1F.CCN(Cc1cccc(C)c1)C(=O)c1cnc(NCCCOC)nc1-c1ccccc1F.CCN(Cc1ccccc1)C(=O)c1cnc(NCc2ccc3c(c2)OCO3)nc1-c1ccc(C#N)cc1.[HH]. The van der Waals surface area contributed by atoms with E-state index in [-0.39, 0.29) is 60.4 Å². The van der Waals surface area contributed by atoms with E-state index in [0.29, 0.717) is 165 Å². The zero-order chi connectivity index (χ0) is 89.0. The van der Waals surface area contributed by atoms with Gasteiger partial charge < -0.3 is 59.1 Å². The van der Waals surface area contributed by atoms with E-state index >= 15 is 0 Å². The number of nitrogens with one attached hydrogen (secondary N) is 2. The van der Waals surface area contributed by atoms with Crippen LogP contribution in [0.15, 0.2) is 195 Å². The first kappa shape index (κ1) is 91.0. The number of amides is 5. The zero-order valence-electron chi connectivity index (χ0n) is 72.4. The maximum atomic E-state index is 14.7. The molecule has 0 atom stereocenters. The van der Waals surface area contributed by atoms with Crippen LogP contribution >= 0.6 is 0 Å². The summed E-state index contributed by atoms with van der Waals surface area (Å²) >= 11 is 0. The molecule has 126 heavy (non-hydrogen) atoms. The number of benzene rings is 7. The van der Waals surface area contributed by atoms with Gasteiger partial charge in [0, 0.05) is 174 Å².